The van der Waals surface area contributed by atoms with Crippen LogP contribution in [0, 0.1) is 5.92 Å². The van der Waals surface area contributed by atoms with Crippen LogP contribution >= 0.6 is 0 Å². The van der Waals surface area contributed by atoms with Gasteiger partial charge in [0.15, 0.2) is 0 Å². The topological polar surface area (TPSA) is 55.4 Å². The standard InChI is InChI=1S/C18H25NO3/c1-3-15(11-10-14-8-6-5-7-9-14)16(20)19-18(12-13-18)17(21)22-4-2/h5-9,15H,3-4,10-13H2,1-2H3,(H,19,20)/t15-/m1/s1. The normalized spacial score (nSPS) is 16.6. The Morgan fingerprint density at radius 1 is 1.23 bits per heavy atom. The molecule has 1 aromatic rings. The molecule has 1 atom stereocenters. The lowest BCUT2D eigenvalue weighted by molar-refractivity contribution is -0.149. The maximum atomic E-state index is 12.4. The second-order valence-electron chi connectivity index (χ2n) is 5.92. The Morgan fingerprint density at radius 3 is 2.45 bits per heavy atom. The molecule has 0 saturated heterocycles. The zero-order valence-corrected chi connectivity index (χ0v) is 13.4. The number of hydrogen-bond acceptors (Lipinski definition) is 3. The number of hydrogen-bond donors (Lipinski definition) is 1. The second kappa shape index (κ2) is 7.43. The maximum absolute atomic E-state index is 12.4. The van der Waals surface area contributed by atoms with Crippen molar-refractivity contribution in [2.75, 3.05) is 6.61 Å². The van der Waals surface area contributed by atoms with E-state index in [0.29, 0.717) is 19.4 Å². The van der Waals surface area contributed by atoms with Crippen LogP contribution in [0.3, 0.4) is 0 Å². The van der Waals surface area contributed by atoms with Gasteiger partial charge in [0.2, 0.25) is 5.91 Å². The van der Waals surface area contributed by atoms with Gasteiger partial charge in [0.1, 0.15) is 5.54 Å². The Hall–Kier alpha value is -1.84. The molecule has 4 nitrogen and oxygen atoms in total. The van der Waals surface area contributed by atoms with Gasteiger partial charge >= 0.3 is 5.97 Å². The van der Waals surface area contributed by atoms with E-state index < -0.39 is 5.54 Å². The van der Waals surface area contributed by atoms with Gasteiger partial charge in [0, 0.05) is 5.92 Å². The van der Waals surface area contributed by atoms with Crippen molar-refractivity contribution in [3.63, 3.8) is 0 Å². The van der Waals surface area contributed by atoms with Crippen molar-refractivity contribution in [3.05, 3.63) is 35.9 Å². The Morgan fingerprint density at radius 2 is 1.91 bits per heavy atom. The van der Waals surface area contributed by atoms with Crippen molar-refractivity contribution >= 4 is 11.9 Å². The van der Waals surface area contributed by atoms with Crippen molar-refractivity contribution < 1.29 is 14.3 Å². The molecule has 0 bridgehead atoms. The minimum Gasteiger partial charge on any atom is -0.464 e. The van der Waals surface area contributed by atoms with Gasteiger partial charge in [-0.05, 0) is 44.6 Å². The van der Waals surface area contributed by atoms with Gasteiger partial charge in [0.25, 0.3) is 0 Å². The SMILES string of the molecule is CCOC(=O)C1(NC(=O)[C@H](CC)CCc2ccccc2)CC1. The van der Waals surface area contributed by atoms with Gasteiger partial charge in [-0.15, -0.1) is 0 Å². The third-order valence-corrected chi connectivity index (χ3v) is 4.27. The van der Waals surface area contributed by atoms with Crippen LogP contribution in [-0.4, -0.2) is 24.0 Å². The van der Waals surface area contributed by atoms with E-state index in [1.807, 2.05) is 25.1 Å². The van der Waals surface area contributed by atoms with E-state index in [9.17, 15) is 9.59 Å². The molecule has 0 radical (unpaired) electrons. The van der Waals surface area contributed by atoms with Gasteiger partial charge in [-0.3, -0.25) is 4.79 Å². The zero-order valence-electron chi connectivity index (χ0n) is 13.4. The van der Waals surface area contributed by atoms with E-state index in [1.165, 1.54) is 5.56 Å². The molecule has 1 fully saturated rings. The Labute approximate surface area is 132 Å². The lowest BCUT2D eigenvalue weighted by Gasteiger charge is -2.20. The summed E-state index contributed by atoms with van der Waals surface area (Å²) < 4.78 is 5.06. The first-order chi connectivity index (χ1) is 10.6. The first-order valence-corrected chi connectivity index (χ1v) is 8.14. The molecule has 1 aliphatic carbocycles. The van der Waals surface area contributed by atoms with E-state index in [2.05, 4.69) is 17.4 Å². The van der Waals surface area contributed by atoms with Gasteiger partial charge in [0.05, 0.1) is 6.61 Å². The third-order valence-electron chi connectivity index (χ3n) is 4.27. The van der Waals surface area contributed by atoms with Crippen molar-refractivity contribution in [2.45, 2.75) is 51.5 Å². The van der Waals surface area contributed by atoms with Crippen molar-refractivity contribution in [2.24, 2.45) is 5.92 Å². The van der Waals surface area contributed by atoms with Crippen LogP contribution in [0.4, 0.5) is 0 Å². The summed E-state index contributed by atoms with van der Waals surface area (Å²) in [5.41, 5.74) is 0.494. The smallest absolute Gasteiger partial charge is 0.331 e. The van der Waals surface area contributed by atoms with Crippen molar-refractivity contribution in [1.29, 1.82) is 0 Å². The number of carbonyl (C=O) groups excluding carboxylic acids is 2. The van der Waals surface area contributed by atoms with Crippen LogP contribution in [-0.2, 0) is 20.7 Å². The molecule has 1 saturated carbocycles. The summed E-state index contributed by atoms with van der Waals surface area (Å²) in [4.78, 5) is 24.4. The van der Waals surface area contributed by atoms with Gasteiger partial charge in [-0.2, -0.15) is 0 Å². The summed E-state index contributed by atoms with van der Waals surface area (Å²) >= 11 is 0. The highest BCUT2D eigenvalue weighted by molar-refractivity contribution is 5.91. The van der Waals surface area contributed by atoms with Gasteiger partial charge in [-0.1, -0.05) is 37.3 Å². The summed E-state index contributed by atoms with van der Waals surface area (Å²) in [6.45, 7) is 4.14. The summed E-state index contributed by atoms with van der Waals surface area (Å²) in [5.74, 6) is -0.377. The number of benzene rings is 1. The first kappa shape index (κ1) is 16.5. The number of ether oxygens (including phenoxy) is 1. The predicted octanol–water partition coefficient (Wildman–Crippen LogP) is 2.86. The number of nitrogens with one attached hydrogen (secondary N) is 1. The summed E-state index contributed by atoms with van der Waals surface area (Å²) in [6.07, 6.45) is 3.82. The average Bonchev–Trinajstić information content (AvgIpc) is 3.30. The fourth-order valence-electron chi connectivity index (χ4n) is 2.62. The molecule has 1 N–H and O–H groups in total. The molecule has 0 aliphatic heterocycles. The lowest BCUT2D eigenvalue weighted by Crippen LogP contribution is -2.46. The molecular formula is C18H25NO3. The van der Waals surface area contributed by atoms with Crippen LogP contribution in [0.5, 0.6) is 0 Å². The quantitative estimate of drug-likeness (QED) is 0.751. The minimum absolute atomic E-state index is 0.0241. The molecule has 1 aliphatic rings. The minimum atomic E-state index is -0.743. The molecule has 2 rings (SSSR count). The highest BCUT2D eigenvalue weighted by atomic mass is 16.5. The summed E-state index contributed by atoms with van der Waals surface area (Å²) in [7, 11) is 0. The molecule has 120 valence electrons. The fraction of sp³-hybridized carbons (Fsp3) is 0.556. The molecule has 0 heterocycles. The van der Waals surface area contributed by atoms with E-state index >= 15 is 0 Å². The van der Waals surface area contributed by atoms with Crippen molar-refractivity contribution in [3.8, 4) is 0 Å². The molecule has 1 amide bonds. The van der Waals surface area contributed by atoms with E-state index in [-0.39, 0.29) is 17.8 Å². The van der Waals surface area contributed by atoms with E-state index in [0.717, 1.165) is 19.3 Å². The van der Waals surface area contributed by atoms with E-state index in [4.69, 9.17) is 4.74 Å². The number of aryl methyl sites for hydroxylation is 1. The van der Waals surface area contributed by atoms with Crippen LogP contribution in [0.2, 0.25) is 0 Å². The highest BCUT2D eigenvalue weighted by Gasteiger charge is 2.53. The molecule has 0 unspecified atom stereocenters. The largest absolute Gasteiger partial charge is 0.464 e. The Bertz CT molecular complexity index is 508. The number of rotatable bonds is 8. The Balaban J connectivity index is 1.88. The highest BCUT2D eigenvalue weighted by Crippen LogP contribution is 2.37. The zero-order chi connectivity index (χ0) is 16.0. The molecular weight excluding hydrogens is 278 g/mol. The number of amides is 1. The Kier molecular flexibility index (Phi) is 5.58. The predicted molar refractivity (Wildman–Crippen MR) is 85.3 cm³/mol. The van der Waals surface area contributed by atoms with Crippen LogP contribution in [0.15, 0.2) is 30.3 Å². The maximum Gasteiger partial charge on any atom is 0.331 e. The summed E-state index contributed by atoms with van der Waals surface area (Å²) in [6, 6.07) is 10.2. The number of carbonyl (C=O) groups is 2. The first-order valence-electron chi connectivity index (χ1n) is 8.14. The number of esters is 1. The molecule has 22 heavy (non-hydrogen) atoms. The van der Waals surface area contributed by atoms with Crippen LogP contribution in [0.1, 0.15) is 45.1 Å². The third kappa shape index (κ3) is 4.09. The molecule has 0 spiro atoms. The van der Waals surface area contributed by atoms with Gasteiger partial charge in [-0.25, -0.2) is 4.79 Å². The second-order valence-corrected chi connectivity index (χ2v) is 5.92. The van der Waals surface area contributed by atoms with Gasteiger partial charge < -0.3 is 10.1 Å². The fourth-order valence-corrected chi connectivity index (χ4v) is 2.62. The van der Waals surface area contributed by atoms with Crippen LogP contribution in [0.25, 0.3) is 0 Å². The monoisotopic (exact) mass is 303 g/mol. The molecule has 0 aromatic heterocycles. The molecule has 4 heteroatoms. The average molecular weight is 303 g/mol. The van der Waals surface area contributed by atoms with Crippen molar-refractivity contribution in [1.82, 2.24) is 5.32 Å². The van der Waals surface area contributed by atoms with Crippen LogP contribution < -0.4 is 5.32 Å². The molecule has 1 aromatic carbocycles. The lowest BCUT2D eigenvalue weighted by atomic mass is 9.96. The summed E-state index contributed by atoms with van der Waals surface area (Å²) in [5, 5.41) is 2.93. The van der Waals surface area contributed by atoms with E-state index in [1.54, 1.807) is 6.92 Å².